The normalized spacial score (nSPS) is 15.5. The molecule has 1 aliphatic rings. The summed E-state index contributed by atoms with van der Waals surface area (Å²) in [4.78, 5) is 10.9. The van der Waals surface area contributed by atoms with Gasteiger partial charge in [-0.2, -0.15) is 8.78 Å². The van der Waals surface area contributed by atoms with Crippen molar-refractivity contribution in [2.24, 2.45) is 0 Å². The highest BCUT2D eigenvalue weighted by Crippen LogP contribution is 2.43. The molecular formula is C28H25ClF3NO6S. The second-order valence-electron chi connectivity index (χ2n) is 9.11. The van der Waals surface area contributed by atoms with Crippen molar-refractivity contribution in [3.63, 3.8) is 0 Å². The number of hydrogen-bond donors (Lipinski definition) is 1. The molecule has 0 saturated carbocycles. The number of carboxylic acid groups (broad SMARTS) is 1. The molecule has 3 aromatic carbocycles. The van der Waals surface area contributed by atoms with Gasteiger partial charge in [-0.25, -0.2) is 12.8 Å². The van der Waals surface area contributed by atoms with E-state index in [1.165, 1.54) is 30.3 Å². The zero-order valence-corrected chi connectivity index (χ0v) is 23.0. The van der Waals surface area contributed by atoms with Gasteiger partial charge in [0.15, 0.2) is 0 Å². The van der Waals surface area contributed by atoms with Crippen LogP contribution >= 0.6 is 11.6 Å². The molecule has 0 unspecified atom stereocenters. The van der Waals surface area contributed by atoms with E-state index < -0.39 is 34.5 Å². The summed E-state index contributed by atoms with van der Waals surface area (Å²) in [6.07, 6.45) is 0.645. The number of ether oxygens (including phenoxy) is 2. The number of rotatable bonds is 9. The Balaban J connectivity index is 1.83. The molecule has 0 fully saturated rings. The van der Waals surface area contributed by atoms with E-state index in [0.29, 0.717) is 16.7 Å². The molecule has 1 heterocycles. The van der Waals surface area contributed by atoms with Crippen LogP contribution in [0.25, 0.3) is 11.6 Å². The number of carbonyl (C=O) groups is 1. The Morgan fingerprint density at radius 1 is 1.23 bits per heavy atom. The third kappa shape index (κ3) is 6.20. The van der Waals surface area contributed by atoms with Crippen LogP contribution in [0.2, 0.25) is 5.02 Å². The highest BCUT2D eigenvalue weighted by Gasteiger charge is 2.36. The average molecular weight is 596 g/mol. The predicted octanol–water partition coefficient (Wildman–Crippen LogP) is 6.77. The van der Waals surface area contributed by atoms with E-state index >= 15 is 0 Å². The number of sulfonamides is 1. The van der Waals surface area contributed by atoms with Gasteiger partial charge in [-0.3, -0.25) is 9.10 Å². The molecule has 0 spiro atoms. The van der Waals surface area contributed by atoms with Crippen molar-refractivity contribution in [1.82, 2.24) is 0 Å². The maximum Gasteiger partial charge on any atom is 0.387 e. The lowest BCUT2D eigenvalue weighted by Crippen LogP contribution is -2.44. The summed E-state index contributed by atoms with van der Waals surface area (Å²) >= 11 is 6.22. The smallest absolute Gasteiger partial charge is 0.387 e. The summed E-state index contributed by atoms with van der Waals surface area (Å²) in [6.45, 7) is -0.0368. The fraction of sp³-hybridized carbons (Fsp3) is 0.250. The standard InChI is InChI=1S/C28H25ClF3NO6S/c1-16(26-22(29)7-4-8-23(26)30)13-18-9-11-24-27(17(18)2)33(15-20(38-24)10-12-25(34)35)40(36,37)21-6-3-5-19(14-21)39-28(31)32/h3-9,11,13-14,20,28H,10,12,15H2,1-2H3,(H,34,35)/t20-/m0/s1. The second-order valence-corrected chi connectivity index (χ2v) is 11.4. The van der Waals surface area contributed by atoms with E-state index in [4.69, 9.17) is 21.4 Å². The Morgan fingerprint density at radius 2 is 1.95 bits per heavy atom. The number of aliphatic carboxylic acids is 1. The highest BCUT2D eigenvalue weighted by atomic mass is 35.5. The van der Waals surface area contributed by atoms with Crippen molar-refractivity contribution >= 4 is 44.9 Å². The molecule has 12 heteroatoms. The van der Waals surface area contributed by atoms with E-state index in [2.05, 4.69) is 4.74 Å². The lowest BCUT2D eigenvalue weighted by molar-refractivity contribution is -0.137. The second kappa shape index (κ2) is 11.8. The van der Waals surface area contributed by atoms with Crippen LogP contribution in [0.3, 0.4) is 0 Å². The van der Waals surface area contributed by atoms with Crippen LogP contribution < -0.4 is 13.8 Å². The summed E-state index contributed by atoms with van der Waals surface area (Å²) in [5.74, 6) is -1.73. The molecule has 212 valence electrons. The van der Waals surface area contributed by atoms with Gasteiger partial charge in [0, 0.05) is 18.1 Å². The van der Waals surface area contributed by atoms with Crippen LogP contribution in [0.1, 0.15) is 36.5 Å². The minimum atomic E-state index is -4.36. The number of benzene rings is 3. The number of halogens is 4. The predicted molar refractivity (Wildman–Crippen MR) is 145 cm³/mol. The molecule has 3 aromatic rings. The number of nitrogens with zero attached hydrogens (tertiary/aromatic N) is 1. The molecule has 4 rings (SSSR count). The Kier molecular flexibility index (Phi) is 8.65. The van der Waals surface area contributed by atoms with Gasteiger partial charge in [-0.05, 0) is 67.3 Å². The monoisotopic (exact) mass is 595 g/mol. The van der Waals surface area contributed by atoms with E-state index in [9.17, 15) is 26.4 Å². The summed E-state index contributed by atoms with van der Waals surface area (Å²) in [6, 6.07) is 12.3. The Morgan fingerprint density at radius 3 is 2.62 bits per heavy atom. The topological polar surface area (TPSA) is 93.1 Å². The first-order valence-electron chi connectivity index (χ1n) is 12.1. The van der Waals surface area contributed by atoms with Gasteiger partial charge in [-0.1, -0.05) is 35.9 Å². The number of alkyl halides is 2. The largest absolute Gasteiger partial charge is 0.486 e. The van der Waals surface area contributed by atoms with Gasteiger partial charge < -0.3 is 14.6 Å². The molecule has 1 atom stereocenters. The van der Waals surface area contributed by atoms with Crippen molar-refractivity contribution in [3.8, 4) is 11.5 Å². The number of fused-ring (bicyclic) bond motifs is 1. The number of hydrogen-bond acceptors (Lipinski definition) is 5. The van der Waals surface area contributed by atoms with Crippen LogP contribution in [-0.4, -0.2) is 38.8 Å². The number of carboxylic acids is 1. The van der Waals surface area contributed by atoms with Gasteiger partial charge in [0.05, 0.1) is 22.2 Å². The molecular weight excluding hydrogens is 571 g/mol. The van der Waals surface area contributed by atoms with Gasteiger partial charge in [-0.15, -0.1) is 0 Å². The first-order chi connectivity index (χ1) is 18.9. The van der Waals surface area contributed by atoms with Crippen molar-refractivity contribution in [1.29, 1.82) is 0 Å². The fourth-order valence-electron chi connectivity index (χ4n) is 4.52. The molecule has 0 radical (unpaired) electrons. The third-order valence-corrected chi connectivity index (χ3v) is 8.45. The van der Waals surface area contributed by atoms with Gasteiger partial charge >= 0.3 is 12.6 Å². The van der Waals surface area contributed by atoms with Gasteiger partial charge in [0.25, 0.3) is 10.0 Å². The minimum absolute atomic E-state index is 0.0287. The lowest BCUT2D eigenvalue weighted by atomic mass is 9.99. The highest BCUT2D eigenvalue weighted by molar-refractivity contribution is 7.92. The molecule has 0 aliphatic carbocycles. The van der Waals surface area contributed by atoms with E-state index in [0.717, 1.165) is 10.4 Å². The molecule has 1 N–H and O–H groups in total. The molecule has 0 aromatic heterocycles. The van der Waals surface area contributed by atoms with E-state index in [-0.39, 0.29) is 52.1 Å². The number of anilines is 1. The van der Waals surface area contributed by atoms with Crippen molar-refractivity contribution < 1.29 is 41.0 Å². The van der Waals surface area contributed by atoms with Crippen LogP contribution in [0.15, 0.2) is 59.5 Å². The van der Waals surface area contributed by atoms with E-state index in [1.807, 2.05) is 0 Å². The maximum atomic E-state index is 14.5. The number of allylic oxidation sites excluding steroid dienone is 1. The molecule has 0 amide bonds. The summed E-state index contributed by atoms with van der Waals surface area (Å²) < 4.78 is 79.4. The van der Waals surface area contributed by atoms with Crippen LogP contribution in [0.4, 0.5) is 18.9 Å². The van der Waals surface area contributed by atoms with Gasteiger partial charge in [0.2, 0.25) is 0 Å². The van der Waals surface area contributed by atoms with Crippen molar-refractivity contribution in [2.45, 2.75) is 44.3 Å². The molecule has 0 bridgehead atoms. The zero-order chi connectivity index (χ0) is 29.2. The Hall–Kier alpha value is -3.70. The van der Waals surface area contributed by atoms with Crippen LogP contribution in [0, 0.1) is 12.7 Å². The summed E-state index contributed by atoms with van der Waals surface area (Å²) in [5.41, 5.74) is 1.91. The Labute approximate surface area is 234 Å². The first kappa shape index (κ1) is 29.3. The molecule has 1 aliphatic heterocycles. The van der Waals surface area contributed by atoms with Gasteiger partial charge in [0.1, 0.15) is 23.4 Å². The average Bonchev–Trinajstić information content (AvgIpc) is 2.88. The van der Waals surface area contributed by atoms with Crippen LogP contribution in [0.5, 0.6) is 11.5 Å². The Bertz CT molecular complexity index is 1560. The SMILES string of the molecule is CC(=Cc1ccc2c(c1C)N(S(=O)(=O)c1cccc(OC(F)F)c1)C[C@H](CCC(=O)O)O2)c1c(F)cccc1Cl. The molecule has 7 nitrogen and oxygen atoms in total. The first-order valence-corrected chi connectivity index (χ1v) is 13.9. The van der Waals surface area contributed by atoms with Crippen molar-refractivity contribution in [3.05, 3.63) is 82.1 Å². The minimum Gasteiger partial charge on any atom is -0.486 e. The summed E-state index contributed by atoms with van der Waals surface area (Å²) in [5, 5.41) is 9.35. The quantitative estimate of drug-likeness (QED) is 0.274. The lowest BCUT2D eigenvalue weighted by Gasteiger charge is -2.37. The summed E-state index contributed by atoms with van der Waals surface area (Å²) in [7, 11) is -4.36. The van der Waals surface area contributed by atoms with Crippen molar-refractivity contribution in [2.75, 3.05) is 10.8 Å². The fourth-order valence-corrected chi connectivity index (χ4v) is 6.43. The van der Waals surface area contributed by atoms with Crippen LogP contribution in [-0.2, 0) is 14.8 Å². The van der Waals surface area contributed by atoms with E-state index in [1.54, 1.807) is 38.1 Å². The molecule has 40 heavy (non-hydrogen) atoms. The molecule has 0 saturated heterocycles. The third-order valence-electron chi connectivity index (χ3n) is 6.38. The zero-order valence-electron chi connectivity index (χ0n) is 21.4. The maximum absolute atomic E-state index is 14.5.